The van der Waals surface area contributed by atoms with Gasteiger partial charge in [0.15, 0.2) is 0 Å². The van der Waals surface area contributed by atoms with Gasteiger partial charge in [0, 0.05) is 63.1 Å². The van der Waals surface area contributed by atoms with Crippen molar-refractivity contribution in [2.75, 3.05) is 49.9 Å². The van der Waals surface area contributed by atoms with E-state index < -0.39 is 15.8 Å². The number of carbonyl (C=O) groups is 1. The van der Waals surface area contributed by atoms with Crippen LogP contribution in [0.5, 0.6) is 0 Å². The van der Waals surface area contributed by atoms with Crippen molar-refractivity contribution in [2.24, 2.45) is 5.92 Å². The van der Waals surface area contributed by atoms with Crippen LogP contribution in [0.15, 0.2) is 36.7 Å². The maximum absolute atomic E-state index is 14.5. The zero-order valence-electron chi connectivity index (χ0n) is 25.3. The zero-order chi connectivity index (χ0) is 30.2. The number of rotatable bonds is 10. The number of amides is 1. The summed E-state index contributed by atoms with van der Waals surface area (Å²) in [5.74, 6) is 0.861. The van der Waals surface area contributed by atoms with E-state index in [-0.39, 0.29) is 23.7 Å². The fourth-order valence-corrected chi connectivity index (χ4v) is 7.16. The zero-order valence-corrected chi connectivity index (χ0v) is 26.1. The quantitative estimate of drug-likeness (QED) is 0.377. The summed E-state index contributed by atoms with van der Waals surface area (Å²) in [5, 5.41) is 0. The molecular formula is C31H43FN6O3S. The Labute approximate surface area is 248 Å². The largest absolute Gasteiger partial charge is 0.368 e. The number of piperazine rings is 1. The molecular weight excluding hydrogens is 555 g/mol. The maximum Gasteiger partial charge on any atom is 0.254 e. The number of sulfonamides is 1. The van der Waals surface area contributed by atoms with E-state index in [1.54, 1.807) is 17.9 Å². The second-order valence-electron chi connectivity index (χ2n) is 11.9. The molecule has 3 heterocycles. The molecule has 11 heteroatoms. The van der Waals surface area contributed by atoms with Gasteiger partial charge >= 0.3 is 0 Å². The van der Waals surface area contributed by atoms with Crippen molar-refractivity contribution in [3.8, 4) is 11.1 Å². The minimum absolute atomic E-state index is 0.00931. The van der Waals surface area contributed by atoms with Gasteiger partial charge in [-0.25, -0.2) is 22.5 Å². The number of pyridine rings is 1. The van der Waals surface area contributed by atoms with Gasteiger partial charge in [-0.2, -0.15) is 0 Å². The standard InChI is InChI=1S/C31H43FN6O3S/c1-6-37(21(3)4)31(39)29-16-24(32)8-9-27(29)28-17-26(20-38-22(5)33-18-30(28)38)36-12-10-35(11-13-36)19-23-14-25(15-23)34-42(40,41)7-2/h8-9,16-18,20-21,23,25,34H,6-7,10-15,19H2,1-5H3. The molecule has 5 rings (SSSR count). The van der Waals surface area contributed by atoms with E-state index in [1.165, 1.54) is 12.1 Å². The molecule has 0 unspecified atom stereocenters. The SMILES string of the molecule is CCN(C(=O)c1cc(F)ccc1-c1cc(N2CCN(CC3CC(NS(=O)(=O)CC)C3)CC2)cn2c(C)ncc12)C(C)C. The highest BCUT2D eigenvalue weighted by molar-refractivity contribution is 7.89. The lowest BCUT2D eigenvalue weighted by molar-refractivity contribution is 0.0717. The summed E-state index contributed by atoms with van der Waals surface area (Å²) in [7, 11) is -3.15. The third-order valence-corrected chi connectivity index (χ3v) is 10.2. The van der Waals surface area contributed by atoms with Crippen molar-refractivity contribution in [2.45, 2.75) is 59.5 Å². The second-order valence-corrected chi connectivity index (χ2v) is 13.9. The molecule has 1 aliphatic carbocycles. The minimum Gasteiger partial charge on any atom is -0.368 e. The average molecular weight is 599 g/mol. The normalized spacial score (nSPS) is 19.8. The number of hydrogen-bond donors (Lipinski definition) is 1. The molecule has 0 bridgehead atoms. The predicted octanol–water partition coefficient (Wildman–Crippen LogP) is 4.16. The molecule has 3 aromatic rings. The van der Waals surface area contributed by atoms with Gasteiger partial charge in [-0.05, 0) is 77.1 Å². The first kappa shape index (κ1) is 30.4. The Morgan fingerprint density at radius 2 is 1.83 bits per heavy atom. The lowest BCUT2D eigenvalue weighted by Crippen LogP contribution is -2.52. The van der Waals surface area contributed by atoms with Crippen molar-refractivity contribution < 1.29 is 17.6 Å². The van der Waals surface area contributed by atoms with Crippen molar-refractivity contribution in [3.63, 3.8) is 0 Å². The van der Waals surface area contributed by atoms with Gasteiger partial charge in [-0.1, -0.05) is 6.07 Å². The number of nitrogens with one attached hydrogen (secondary N) is 1. The summed E-state index contributed by atoms with van der Waals surface area (Å²) in [4.78, 5) is 24.8. The number of fused-ring (bicyclic) bond motifs is 1. The van der Waals surface area contributed by atoms with Crippen LogP contribution in [0.1, 0.15) is 56.7 Å². The van der Waals surface area contributed by atoms with Crippen LogP contribution in [0, 0.1) is 18.7 Å². The number of carbonyl (C=O) groups excluding carboxylic acids is 1. The number of halogens is 1. The van der Waals surface area contributed by atoms with E-state index >= 15 is 0 Å². The smallest absolute Gasteiger partial charge is 0.254 e. The Hall–Kier alpha value is -3.02. The highest BCUT2D eigenvalue weighted by Crippen LogP contribution is 2.35. The van der Waals surface area contributed by atoms with E-state index in [0.29, 0.717) is 23.6 Å². The highest BCUT2D eigenvalue weighted by Gasteiger charge is 2.33. The molecule has 1 amide bonds. The number of imidazole rings is 1. The third-order valence-electron chi connectivity index (χ3n) is 8.75. The summed E-state index contributed by atoms with van der Waals surface area (Å²) >= 11 is 0. The van der Waals surface area contributed by atoms with Crippen molar-refractivity contribution >= 4 is 27.1 Å². The molecule has 1 saturated carbocycles. The Morgan fingerprint density at radius 3 is 2.48 bits per heavy atom. The number of hydrogen-bond acceptors (Lipinski definition) is 6. The van der Waals surface area contributed by atoms with E-state index in [2.05, 4.69) is 36.2 Å². The maximum atomic E-state index is 14.5. The first-order chi connectivity index (χ1) is 20.0. The molecule has 0 spiro atoms. The van der Waals surface area contributed by atoms with Crippen molar-refractivity contribution in [3.05, 3.63) is 53.9 Å². The van der Waals surface area contributed by atoms with Gasteiger partial charge < -0.3 is 14.2 Å². The van der Waals surface area contributed by atoms with Crippen molar-refractivity contribution in [1.29, 1.82) is 0 Å². The number of aryl methyl sites for hydroxylation is 1. The van der Waals surface area contributed by atoms with Crippen LogP contribution in [0.3, 0.4) is 0 Å². The first-order valence-electron chi connectivity index (χ1n) is 15.1. The Kier molecular flexibility index (Phi) is 8.91. The summed E-state index contributed by atoms with van der Waals surface area (Å²) in [6, 6.07) is 6.65. The Morgan fingerprint density at radius 1 is 1.12 bits per heavy atom. The van der Waals surface area contributed by atoms with Gasteiger partial charge in [0.25, 0.3) is 5.91 Å². The molecule has 0 radical (unpaired) electrons. The van der Waals surface area contributed by atoms with E-state index in [4.69, 9.17) is 0 Å². The molecule has 42 heavy (non-hydrogen) atoms. The number of nitrogens with zero attached hydrogens (tertiary/aromatic N) is 5. The van der Waals surface area contributed by atoms with Crippen molar-refractivity contribution in [1.82, 2.24) is 23.9 Å². The second kappa shape index (κ2) is 12.3. The fraction of sp³-hybridized carbons (Fsp3) is 0.548. The van der Waals surface area contributed by atoms with Gasteiger partial charge in [-0.3, -0.25) is 9.69 Å². The van der Waals surface area contributed by atoms with Gasteiger partial charge in [0.2, 0.25) is 10.0 Å². The monoisotopic (exact) mass is 598 g/mol. The minimum atomic E-state index is -3.15. The lowest BCUT2D eigenvalue weighted by Gasteiger charge is -2.42. The Bertz CT molecular complexity index is 1540. The molecule has 0 atom stereocenters. The molecule has 1 saturated heterocycles. The van der Waals surface area contributed by atoms with Crippen LogP contribution in [0.4, 0.5) is 10.1 Å². The Balaban J connectivity index is 1.35. The van der Waals surface area contributed by atoms with Gasteiger partial charge in [0.05, 0.1) is 28.7 Å². The lowest BCUT2D eigenvalue weighted by atomic mass is 9.80. The average Bonchev–Trinajstić information content (AvgIpc) is 3.32. The predicted molar refractivity (Wildman–Crippen MR) is 165 cm³/mol. The molecule has 1 aromatic carbocycles. The number of benzene rings is 1. The van der Waals surface area contributed by atoms with Crippen LogP contribution < -0.4 is 9.62 Å². The molecule has 1 aliphatic heterocycles. The van der Waals surface area contributed by atoms with E-state index in [9.17, 15) is 17.6 Å². The first-order valence-corrected chi connectivity index (χ1v) is 16.7. The third kappa shape index (κ3) is 6.33. The summed E-state index contributed by atoms with van der Waals surface area (Å²) in [6.07, 6.45) is 5.70. The van der Waals surface area contributed by atoms with Gasteiger partial charge in [0.1, 0.15) is 11.6 Å². The topological polar surface area (TPSA) is 90.3 Å². The van der Waals surface area contributed by atoms with Crippen LogP contribution in [0.25, 0.3) is 16.6 Å². The van der Waals surface area contributed by atoms with Crippen LogP contribution >= 0.6 is 0 Å². The highest BCUT2D eigenvalue weighted by atomic mass is 32.2. The molecule has 2 aromatic heterocycles. The van der Waals surface area contributed by atoms with Crippen LogP contribution in [0.2, 0.25) is 0 Å². The molecule has 2 aliphatic rings. The van der Waals surface area contributed by atoms with Crippen LogP contribution in [-0.2, 0) is 10.0 Å². The van der Waals surface area contributed by atoms with Gasteiger partial charge in [-0.15, -0.1) is 0 Å². The summed E-state index contributed by atoms with van der Waals surface area (Å²) < 4.78 is 43.0. The summed E-state index contributed by atoms with van der Waals surface area (Å²) in [6.45, 7) is 14.5. The van der Waals surface area contributed by atoms with E-state index in [0.717, 1.165) is 68.2 Å². The number of aromatic nitrogens is 2. The van der Waals surface area contributed by atoms with E-state index in [1.807, 2.05) is 33.9 Å². The molecule has 1 N–H and O–H groups in total. The summed E-state index contributed by atoms with van der Waals surface area (Å²) in [5.41, 5.74) is 3.82. The molecule has 2 fully saturated rings. The number of anilines is 1. The van der Waals surface area contributed by atoms with Crippen LogP contribution in [-0.4, -0.2) is 90.6 Å². The molecule has 228 valence electrons. The molecule has 9 nitrogen and oxygen atoms in total. The fourth-order valence-electron chi connectivity index (χ4n) is 6.29.